The SMILES string of the molecule is COc1ccc(OC)c(Nc2cncc(C(=O)Nc3ccccc3OC)c2)c1. The van der Waals surface area contributed by atoms with Crippen LogP contribution >= 0.6 is 0 Å². The molecule has 7 heteroatoms. The van der Waals surface area contributed by atoms with Gasteiger partial charge in [-0.05, 0) is 30.3 Å². The van der Waals surface area contributed by atoms with Gasteiger partial charge in [0, 0.05) is 12.3 Å². The summed E-state index contributed by atoms with van der Waals surface area (Å²) in [5, 5.41) is 6.04. The van der Waals surface area contributed by atoms with Gasteiger partial charge in [-0.1, -0.05) is 12.1 Å². The third-order valence-corrected chi connectivity index (χ3v) is 4.04. The van der Waals surface area contributed by atoms with Crippen LogP contribution in [0.2, 0.25) is 0 Å². The molecule has 28 heavy (non-hydrogen) atoms. The molecule has 0 saturated heterocycles. The molecule has 0 spiro atoms. The number of amides is 1. The predicted molar refractivity (Wildman–Crippen MR) is 108 cm³/mol. The van der Waals surface area contributed by atoms with Gasteiger partial charge >= 0.3 is 0 Å². The summed E-state index contributed by atoms with van der Waals surface area (Å²) < 4.78 is 15.9. The lowest BCUT2D eigenvalue weighted by atomic mass is 10.2. The maximum absolute atomic E-state index is 12.6. The molecule has 2 N–H and O–H groups in total. The highest BCUT2D eigenvalue weighted by Crippen LogP contribution is 2.31. The number of aromatic nitrogens is 1. The van der Waals surface area contributed by atoms with Gasteiger partial charge in [0.2, 0.25) is 0 Å². The maximum atomic E-state index is 12.6. The second-order valence-electron chi connectivity index (χ2n) is 5.81. The smallest absolute Gasteiger partial charge is 0.257 e. The van der Waals surface area contributed by atoms with Gasteiger partial charge in [-0.3, -0.25) is 9.78 Å². The molecule has 7 nitrogen and oxygen atoms in total. The zero-order valence-corrected chi connectivity index (χ0v) is 15.9. The van der Waals surface area contributed by atoms with Crippen LogP contribution in [0.15, 0.2) is 60.9 Å². The van der Waals surface area contributed by atoms with Crippen molar-refractivity contribution in [2.75, 3.05) is 32.0 Å². The fourth-order valence-corrected chi connectivity index (χ4v) is 2.64. The molecule has 144 valence electrons. The molecule has 0 aliphatic carbocycles. The lowest BCUT2D eigenvalue weighted by molar-refractivity contribution is 0.102. The molecule has 1 amide bonds. The standard InChI is InChI=1S/C21H21N3O4/c1-26-16-8-9-20(28-3)18(11-16)23-15-10-14(12-22-13-15)21(25)24-17-6-4-5-7-19(17)27-2/h4-13,23H,1-3H3,(H,24,25). The number of ether oxygens (including phenoxy) is 3. The number of carbonyl (C=O) groups is 1. The summed E-state index contributed by atoms with van der Waals surface area (Å²) in [6.07, 6.45) is 3.12. The molecule has 2 aromatic carbocycles. The van der Waals surface area contributed by atoms with Gasteiger partial charge in [0.25, 0.3) is 5.91 Å². The average Bonchev–Trinajstić information content (AvgIpc) is 2.74. The van der Waals surface area contributed by atoms with Gasteiger partial charge in [-0.25, -0.2) is 0 Å². The second kappa shape index (κ2) is 8.77. The van der Waals surface area contributed by atoms with Crippen LogP contribution in [-0.4, -0.2) is 32.2 Å². The quantitative estimate of drug-likeness (QED) is 0.643. The Morgan fingerprint density at radius 3 is 2.36 bits per heavy atom. The molecule has 3 rings (SSSR count). The Morgan fingerprint density at radius 1 is 0.857 bits per heavy atom. The number of methoxy groups -OCH3 is 3. The van der Waals surface area contributed by atoms with E-state index >= 15 is 0 Å². The van der Waals surface area contributed by atoms with Crippen molar-refractivity contribution in [1.82, 2.24) is 4.98 Å². The highest BCUT2D eigenvalue weighted by atomic mass is 16.5. The summed E-state index contributed by atoms with van der Waals surface area (Å²) in [4.78, 5) is 16.8. The summed E-state index contributed by atoms with van der Waals surface area (Å²) in [5.74, 6) is 1.61. The van der Waals surface area contributed by atoms with Crippen LogP contribution < -0.4 is 24.8 Å². The maximum Gasteiger partial charge on any atom is 0.257 e. The third-order valence-electron chi connectivity index (χ3n) is 4.04. The molecular weight excluding hydrogens is 358 g/mol. The molecule has 1 aromatic heterocycles. The van der Waals surface area contributed by atoms with E-state index in [1.807, 2.05) is 12.1 Å². The minimum absolute atomic E-state index is 0.293. The highest BCUT2D eigenvalue weighted by molar-refractivity contribution is 6.05. The lowest BCUT2D eigenvalue weighted by Crippen LogP contribution is -2.13. The Labute approximate surface area is 163 Å². The average molecular weight is 379 g/mol. The van der Waals surface area contributed by atoms with Crippen LogP contribution in [-0.2, 0) is 0 Å². The zero-order valence-electron chi connectivity index (χ0n) is 15.9. The van der Waals surface area contributed by atoms with Crippen molar-refractivity contribution in [3.8, 4) is 17.2 Å². The van der Waals surface area contributed by atoms with E-state index in [1.165, 1.54) is 6.20 Å². The summed E-state index contributed by atoms with van der Waals surface area (Å²) in [6, 6.07) is 14.3. The number of nitrogens with zero attached hydrogens (tertiary/aromatic N) is 1. The van der Waals surface area contributed by atoms with Crippen molar-refractivity contribution in [3.05, 3.63) is 66.5 Å². The van der Waals surface area contributed by atoms with Crippen LogP contribution in [0.3, 0.4) is 0 Å². The summed E-state index contributed by atoms with van der Waals surface area (Å²) >= 11 is 0. The van der Waals surface area contributed by atoms with Crippen molar-refractivity contribution in [1.29, 1.82) is 0 Å². The number of pyridine rings is 1. The van der Waals surface area contributed by atoms with Gasteiger partial charge in [-0.15, -0.1) is 0 Å². The molecule has 0 radical (unpaired) electrons. The first-order valence-electron chi connectivity index (χ1n) is 8.53. The van der Waals surface area contributed by atoms with Crippen molar-refractivity contribution in [3.63, 3.8) is 0 Å². The molecule has 0 bridgehead atoms. The van der Waals surface area contributed by atoms with E-state index in [2.05, 4.69) is 15.6 Å². The van der Waals surface area contributed by atoms with Gasteiger partial charge < -0.3 is 24.8 Å². The summed E-state index contributed by atoms with van der Waals surface area (Å²) in [6.45, 7) is 0. The largest absolute Gasteiger partial charge is 0.497 e. The Bertz CT molecular complexity index is 975. The molecule has 3 aromatic rings. The minimum Gasteiger partial charge on any atom is -0.497 e. The molecule has 1 heterocycles. The predicted octanol–water partition coefficient (Wildman–Crippen LogP) is 4.10. The topological polar surface area (TPSA) is 81.7 Å². The molecule has 0 aliphatic heterocycles. The van der Waals surface area contributed by atoms with Crippen LogP contribution in [0.4, 0.5) is 17.1 Å². The van der Waals surface area contributed by atoms with E-state index in [4.69, 9.17) is 14.2 Å². The molecule has 0 atom stereocenters. The van der Waals surface area contributed by atoms with Crippen molar-refractivity contribution in [2.45, 2.75) is 0 Å². The lowest BCUT2D eigenvalue weighted by Gasteiger charge is -2.13. The molecular formula is C21H21N3O4. The minimum atomic E-state index is -0.293. The first-order valence-corrected chi connectivity index (χ1v) is 8.53. The zero-order chi connectivity index (χ0) is 19.9. The second-order valence-corrected chi connectivity index (χ2v) is 5.81. The Kier molecular flexibility index (Phi) is 5.96. The van der Waals surface area contributed by atoms with E-state index in [1.54, 1.807) is 63.9 Å². The molecule has 0 aliphatic rings. The normalized spacial score (nSPS) is 10.1. The Morgan fingerprint density at radius 2 is 1.61 bits per heavy atom. The van der Waals surface area contributed by atoms with E-state index in [-0.39, 0.29) is 5.91 Å². The first-order chi connectivity index (χ1) is 13.6. The number of anilines is 3. The van der Waals surface area contributed by atoms with Crippen LogP contribution in [0.1, 0.15) is 10.4 Å². The van der Waals surface area contributed by atoms with Gasteiger partial charge in [-0.2, -0.15) is 0 Å². The number of hydrogen-bond donors (Lipinski definition) is 2. The fourth-order valence-electron chi connectivity index (χ4n) is 2.64. The number of rotatable bonds is 7. The van der Waals surface area contributed by atoms with E-state index in [0.29, 0.717) is 39.9 Å². The van der Waals surface area contributed by atoms with Gasteiger partial charge in [0.15, 0.2) is 0 Å². The fraction of sp³-hybridized carbons (Fsp3) is 0.143. The summed E-state index contributed by atoms with van der Waals surface area (Å²) in [5.41, 5.74) is 2.32. The van der Waals surface area contributed by atoms with Crippen LogP contribution in [0, 0.1) is 0 Å². The number of para-hydroxylation sites is 2. The molecule has 0 unspecified atom stereocenters. The van der Waals surface area contributed by atoms with Gasteiger partial charge in [0.05, 0.1) is 50.2 Å². The van der Waals surface area contributed by atoms with E-state index in [9.17, 15) is 4.79 Å². The Hall–Kier alpha value is -3.74. The monoisotopic (exact) mass is 379 g/mol. The number of hydrogen-bond acceptors (Lipinski definition) is 6. The number of carbonyl (C=O) groups excluding carboxylic acids is 1. The Balaban J connectivity index is 1.82. The van der Waals surface area contributed by atoms with Crippen molar-refractivity contribution >= 4 is 23.0 Å². The van der Waals surface area contributed by atoms with E-state index in [0.717, 1.165) is 0 Å². The number of benzene rings is 2. The first kappa shape index (κ1) is 19.0. The highest BCUT2D eigenvalue weighted by Gasteiger charge is 2.12. The third kappa shape index (κ3) is 4.32. The van der Waals surface area contributed by atoms with Crippen molar-refractivity contribution < 1.29 is 19.0 Å². The van der Waals surface area contributed by atoms with Crippen molar-refractivity contribution in [2.24, 2.45) is 0 Å². The van der Waals surface area contributed by atoms with Crippen LogP contribution in [0.5, 0.6) is 17.2 Å². The van der Waals surface area contributed by atoms with E-state index < -0.39 is 0 Å². The molecule has 0 fully saturated rings. The number of nitrogens with one attached hydrogen (secondary N) is 2. The van der Waals surface area contributed by atoms with Gasteiger partial charge in [0.1, 0.15) is 17.2 Å². The summed E-state index contributed by atoms with van der Waals surface area (Å²) in [7, 11) is 4.73. The van der Waals surface area contributed by atoms with Crippen LogP contribution in [0.25, 0.3) is 0 Å². The molecule has 0 saturated carbocycles.